The molecule has 21 heavy (non-hydrogen) atoms. The highest BCUT2D eigenvalue weighted by atomic mass is 16.2. The van der Waals surface area contributed by atoms with Gasteiger partial charge in [0.25, 0.3) is 0 Å². The molecule has 0 saturated heterocycles. The van der Waals surface area contributed by atoms with Crippen LogP contribution in [0, 0.1) is 5.92 Å². The van der Waals surface area contributed by atoms with Crippen molar-refractivity contribution in [2.45, 2.75) is 46.2 Å². The van der Waals surface area contributed by atoms with E-state index in [1.54, 1.807) is 6.92 Å². The Morgan fingerprint density at radius 3 is 2.48 bits per heavy atom. The van der Waals surface area contributed by atoms with Crippen molar-refractivity contribution >= 4 is 17.5 Å². The second-order valence-corrected chi connectivity index (χ2v) is 5.80. The number of carbonyl (C=O) groups excluding carboxylic acids is 2. The lowest BCUT2D eigenvalue weighted by Gasteiger charge is -2.10. The number of hydrogen-bond donors (Lipinski definition) is 3. The molecule has 1 atom stereocenters. The normalized spacial score (nSPS) is 12.0. The molecule has 5 nitrogen and oxygen atoms in total. The maximum atomic E-state index is 11.7. The Balaban J connectivity index is 2.52. The summed E-state index contributed by atoms with van der Waals surface area (Å²) in [7, 11) is 0. The van der Waals surface area contributed by atoms with Crippen LogP contribution in [0.5, 0.6) is 0 Å². The van der Waals surface area contributed by atoms with E-state index in [2.05, 4.69) is 10.6 Å². The molecule has 2 amide bonds. The van der Waals surface area contributed by atoms with E-state index in [-0.39, 0.29) is 17.9 Å². The van der Waals surface area contributed by atoms with Crippen LogP contribution in [-0.2, 0) is 16.1 Å². The Hall–Kier alpha value is -1.88. The zero-order chi connectivity index (χ0) is 15.8. The smallest absolute Gasteiger partial charge is 0.224 e. The molecule has 5 heteroatoms. The van der Waals surface area contributed by atoms with Crippen molar-refractivity contribution in [1.29, 1.82) is 0 Å². The summed E-state index contributed by atoms with van der Waals surface area (Å²) in [6.45, 7) is 6.23. The number of rotatable bonds is 7. The van der Waals surface area contributed by atoms with Crippen LogP contribution in [-0.4, -0.2) is 17.9 Å². The van der Waals surface area contributed by atoms with E-state index in [1.165, 1.54) is 0 Å². The minimum atomic E-state index is -0.147. The van der Waals surface area contributed by atoms with Gasteiger partial charge in [-0.1, -0.05) is 26.0 Å². The van der Waals surface area contributed by atoms with Crippen molar-refractivity contribution in [3.05, 3.63) is 29.8 Å². The van der Waals surface area contributed by atoms with E-state index >= 15 is 0 Å². The minimum absolute atomic E-state index is 0.00291. The lowest BCUT2D eigenvalue weighted by molar-refractivity contribution is -0.121. The fraction of sp³-hybridized carbons (Fsp3) is 0.500. The van der Waals surface area contributed by atoms with Gasteiger partial charge in [-0.15, -0.1) is 0 Å². The number of amides is 2. The highest BCUT2D eigenvalue weighted by Gasteiger charge is 2.07. The van der Waals surface area contributed by atoms with Gasteiger partial charge >= 0.3 is 0 Å². The predicted octanol–water partition coefficient (Wildman–Crippen LogP) is 2.02. The number of anilines is 1. The molecule has 0 aliphatic carbocycles. The third-order valence-electron chi connectivity index (χ3n) is 2.80. The van der Waals surface area contributed by atoms with Gasteiger partial charge < -0.3 is 16.4 Å². The fourth-order valence-corrected chi connectivity index (χ4v) is 1.91. The van der Waals surface area contributed by atoms with Gasteiger partial charge in [-0.05, 0) is 30.5 Å². The molecule has 0 fully saturated rings. The summed E-state index contributed by atoms with van der Waals surface area (Å²) in [6.07, 6.45) is 0.806. The van der Waals surface area contributed by atoms with E-state index < -0.39 is 0 Å². The second-order valence-electron chi connectivity index (χ2n) is 5.80. The summed E-state index contributed by atoms with van der Waals surface area (Å²) in [6, 6.07) is 7.32. The lowest BCUT2D eigenvalue weighted by atomic mass is 10.1. The molecule has 0 spiro atoms. The molecule has 0 aliphatic heterocycles. The van der Waals surface area contributed by atoms with Gasteiger partial charge in [-0.25, -0.2) is 0 Å². The molecule has 4 N–H and O–H groups in total. The quantitative estimate of drug-likeness (QED) is 0.718. The van der Waals surface area contributed by atoms with Crippen molar-refractivity contribution in [2.24, 2.45) is 11.7 Å². The molecule has 116 valence electrons. The van der Waals surface area contributed by atoms with Crippen molar-refractivity contribution in [1.82, 2.24) is 5.32 Å². The number of hydrogen-bond acceptors (Lipinski definition) is 3. The first-order chi connectivity index (χ1) is 9.86. The van der Waals surface area contributed by atoms with Gasteiger partial charge in [0, 0.05) is 31.1 Å². The maximum Gasteiger partial charge on any atom is 0.224 e. The van der Waals surface area contributed by atoms with E-state index in [0.717, 1.165) is 11.3 Å². The first-order valence-electron chi connectivity index (χ1n) is 7.28. The topological polar surface area (TPSA) is 84.2 Å². The number of benzene rings is 1. The summed E-state index contributed by atoms with van der Waals surface area (Å²) >= 11 is 0. The maximum absolute atomic E-state index is 11.7. The van der Waals surface area contributed by atoms with Crippen molar-refractivity contribution in [3.8, 4) is 0 Å². The van der Waals surface area contributed by atoms with E-state index in [9.17, 15) is 9.59 Å². The summed E-state index contributed by atoms with van der Waals surface area (Å²) in [5, 5.41) is 5.67. The van der Waals surface area contributed by atoms with Crippen LogP contribution in [0.25, 0.3) is 0 Å². The summed E-state index contributed by atoms with van der Waals surface area (Å²) in [4.78, 5) is 23.3. The zero-order valence-corrected chi connectivity index (χ0v) is 13.0. The third kappa shape index (κ3) is 7.46. The van der Waals surface area contributed by atoms with Crippen LogP contribution in [0.15, 0.2) is 24.3 Å². The van der Waals surface area contributed by atoms with Crippen LogP contribution in [0.2, 0.25) is 0 Å². The largest absolute Gasteiger partial charge is 0.352 e. The molecule has 1 aromatic rings. The number of carbonyl (C=O) groups is 2. The number of nitrogens with one attached hydrogen (secondary N) is 2. The van der Waals surface area contributed by atoms with Crippen LogP contribution in [0.4, 0.5) is 5.69 Å². The van der Waals surface area contributed by atoms with Gasteiger partial charge in [-0.2, -0.15) is 0 Å². The zero-order valence-electron chi connectivity index (χ0n) is 13.0. The first-order valence-corrected chi connectivity index (χ1v) is 7.28. The van der Waals surface area contributed by atoms with Crippen molar-refractivity contribution in [3.63, 3.8) is 0 Å². The Bertz CT molecular complexity index is 484. The highest BCUT2D eigenvalue weighted by molar-refractivity contribution is 5.90. The Kier molecular flexibility index (Phi) is 6.88. The van der Waals surface area contributed by atoms with Crippen LogP contribution in [0.3, 0.4) is 0 Å². The standard InChI is InChI=1S/C16H25N3O2/c1-11(2)7-16(21)19-14-6-4-5-13(9-14)10-18-15(20)8-12(3)17/h4-6,9,11-12H,7-8,10,17H2,1-3H3,(H,18,20)(H,19,21). The fourth-order valence-electron chi connectivity index (χ4n) is 1.91. The molecule has 1 rings (SSSR count). The Labute approximate surface area is 126 Å². The van der Waals surface area contributed by atoms with Gasteiger partial charge in [-0.3, -0.25) is 9.59 Å². The summed E-state index contributed by atoms with van der Waals surface area (Å²) in [5.41, 5.74) is 7.26. The minimum Gasteiger partial charge on any atom is -0.352 e. The van der Waals surface area contributed by atoms with E-state index in [1.807, 2.05) is 38.1 Å². The molecule has 1 unspecified atom stereocenters. The monoisotopic (exact) mass is 291 g/mol. The van der Waals surface area contributed by atoms with Gasteiger partial charge in [0.05, 0.1) is 0 Å². The van der Waals surface area contributed by atoms with Crippen LogP contribution >= 0.6 is 0 Å². The molecule has 0 saturated carbocycles. The molecular formula is C16H25N3O2. The van der Waals surface area contributed by atoms with Crippen molar-refractivity contribution < 1.29 is 9.59 Å². The van der Waals surface area contributed by atoms with Gasteiger partial charge in [0.2, 0.25) is 11.8 Å². The highest BCUT2D eigenvalue weighted by Crippen LogP contribution is 2.12. The average molecular weight is 291 g/mol. The first kappa shape index (κ1) is 17.2. The second kappa shape index (κ2) is 8.42. The molecule has 1 aromatic carbocycles. The molecule has 0 aromatic heterocycles. The van der Waals surface area contributed by atoms with Gasteiger partial charge in [0.1, 0.15) is 0 Å². The van der Waals surface area contributed by atoms with E-state index in [4.69, 9.17) is 5.73 Å². The van der Waals surface area contributed by atoms with Crippen molar-refractivity contribution in [2.75, 3.05) is 5.32 Å². The molecular weight excluding hydrogens is 266 g/mol. The number of nitrogens with two attached hydrogens (primary N) is 1. The summed E-state index contributed by atoms with van der Waals surface area (Å²) in [5.74, 6) is 0.258. The molecule has 0 radical (unpaired) electrons. The average Bonchev–Trinajstić information content (AvgIpc) is 2.35. The predicted molar refractivity (Wildman–Crippen MR) is 84.6 cm³/mol. The summed E-state index contributed by atoms with van der Waals surface area (Å²) < 4.78 is 0. The van der Waals surface area contributed by atoms with Crippen LogP contribution < -0.4 is 16.4 Å². The SMILES string of the molecule is CC(C)CC(=O)Nc1cccc(CNC(=O)CC(C)N)c1. The molecule has 0 heterocycles. The van der Waals surface area contributed by atoms with Crippen LogP contribution in [0.1, 0.15) is 39.2 Å². The Morgan fingerprint density at radius 2 is 1.86 bits per heavy atom. The van der Waals surface area contributed by atoms with E-state index in [0.29, 0.717) is 25.3 Å². The van der Waals surface area contributed by atoms with Gasteiger partial charge in [0.15, 0.2) is 0 Å². The third-order valence-corrected chi connectivity index (χ3v) is 2.80. The molecule has 0 aliphatic rings. The lowest BCUT2D eigenvalue weighted by Crippen LogP contribution is -2.29. The molecule has 0 bridgehead atoms. The Morgan fingerprint density at radius 1 is 1.14 bits per heavy atom.